The van der Waals surface area contributed by atoms with Gasteiger partial charge in [-0.15, -0.1) is 0 Å². The van der Waals surface area contributed by atoms with Gasteiger partial charge < -0.3 is 4.90 Å². The first-order valence-electron chi connectivity index (χ1n) is 5.53. The monoisotopic (exact) mass is 289 g/mol. The molecule has 92 valence electrons. The molecule has 0 aromatic heterocycles. The fraction of sp³-hybridized carbons (Fsp3) is 0.667. The number of carbonyl (C=O) groups is 2. The van der Waals surface area contributed by atoms with Crippen molar-refractivity contribution in [2.24, 2.45) is 0 Å². The molecular formula is C12H20BrNO2. The Hall–Kier alpha value is -0.640. The maximum atomic E-state index is 11.6. The SMILES string of the molecule is CC/C=C/CCCC(=O)C(Br)C(=O)N(C)C. The minimum absolute atomic E-state index is 0.0383. The van der Waals surface area contributed by atoms with Gasteiger partial charge in [0, 0.05) is 20.5 Å². The average molecular weight is 290 g/mol. The third-order valence-corrected chi connectivity index (χ3v) is 3.04. The zero-order chi connectivity index (χ0) is 12.6. The standard InChI is InChI=1S/C12H20BrNO2/c1-4-5-6-7-8-9-10(15)11(13)12(16)14(2)3/h5-6,11H,4,7-9H2,1-3H3/b6-5+. The smallest absolute Gasteiger partial charge is 0.243 e. The summed E-state index contributed by atoms with van der Waals surface area (Å²) < 4.78 is 0. The predicted octanol–water partition coefficient (Wildman–Crippen LogP) is 2.54. The third kappa shape index (κ3) is 6.05. The Balaban J connectivity index is 3.88. The van der Waals surface area contributed by atoms with Crippen LogP contribution in [0.4, 0.5) is 0 Å². The highest BCUT2D eigenvalue weighted by molar-refractivity contribution is 9.10. The van der Waals surface area contributed by atoms with Crippen LogP contribution in [0.5, 0.6) is 0 Å². The fourth-order valence-corrected chi connectivity index (χ4v) is 1.81. The Labute approximate surface area is 106 Å². The summed E-state index contributed by atoms with van der Waals surface area (Å²) >= 11 is 3.13. The van der Waals surface area contributed by atoms with Crippen LogP contribution in [-0.2, 0) is 9.59 Å². The molecule has 0 radical (unpaired) electrons. The number of ketones is 1. The molecule has 4 heteroatoms. The van der Waals surface area contributed by atoms with Gasteiger partial charge in [0.15, 0.2) is 10.6 Å². The number of amides is 1. The lowest BCUT2D eigenvalue weighted by Gasteiger charge is -2.14. The molecule has 0 N–H and O–H groups in total. The molecular weight excluding hydrogens is 270 g/mol. The van der Waals surface area contributed by atoms with Crippen molar-refractivity contribution in [3.8, 4) is 0 Å². The van der Waals surface area contributed by atoms with E-state index in [9.17, 15) is 9.59 Å². The van der Waals surface area contributed by atoms with Crippen molar-refractivity contribution >= 4 is 27.6 Å². The van der Waals surface area contributed by atoms with Crippen molar-refractivity contribution in [1.29, 1.82) is 0 Å². The van der Waals surface area contributed by atoms with E-state index in [-0.39, 0.29) is 11.7 Å². The third-order valence-electron chi connectivity index (χ3n) is 2.14. The van der Waals surface area contributed by atoms with E-state index in [0.717, 1.165) is 19.3 Å². The van der Waals surface area contributed by atoms with Crippen molar-refractivity contribution in [3.05, 3.63) is 12.2 Å². The van der Waals surface area contributed by atoms with Crippen molar-refractivity contribution in [2.75, 3.05) is 14.1 Å². The van der Waals surface area contributed by atoms with Crippen molar-refractivity contribution in [2.45, 2.75) is 37.4 Å². The zero-order valence-corrected chi connectivity index (χ0v) is 11.8. The van der Waals surface area contributed by atoms with Gasteiger partial charge in [-0.25, -0.2) is 0 Å². The number of hydrogen-bond acceptors (Lipinski definition) is 2. The van der Waals surface area contributed by atoms with E-state index in [2.05, 4.69) is 35.0 Å². The van der Waals surface area contributed by atoms with E-state index >= 15 is 0 Å². The van der Waals surface area contributed by atoms with Crippen LogP contribution in [0.3, 0.4) is 0 Å². The quantitative estimate of drug-likeness (QED) is 0.313. The van der Waals surface area contributed by atoms with E-state index in [1.165, 1.54) is 4.90 Å². The van der Waals surface area contributed by atoms with E-state index in [1.807, 2.05) is 0 Å². The van der Waals surface area contributed by atoms with Crippen LogP contribution in [0.15, 0.2) is 12.2 Å². The number of nitrogens with zero attached hydrogens (tertiary/aromatic N) is 1. The molecule has 0 spiro atoms. The van der Waals surface area contributed by atoms with E-state index in [4.69, 9.17) is 0 Å². The molecule has 0 aliphatic heterocycles. The van der Waals surface area contributed by atoms with Gasteiger partial charge in [0.2, 0.25) is 5.91 Å². The topological polar surface area (TPSA) is 37.4 Å². The lowest BCUT2D eigenvalue weighted by Crippen LogP contribution is -2.34. The number of unbranched alkanes of at least 4 members (excludes halogenated alkanes) is 1. The molecule has 3 nitrogen and oxygen atoms in total. The fourth-order valence-electron chi connectivity index (χ4n) is 1.17. The lowest BCUT2D eigenvalue weighted by molar-refractivity contribution is -0.132. The first-order valence-corrected chi connectivity index (χ1v) is 6.45. The molecule has 1 amide bonds. The molecule has 0 rings (SSSR count). The second kappa shape index (κ2) is 8.50. The first-order chi connectivity index (χ1) is 7.50. The molecule has 1 atom stereocenters. The summed E-state index contributed by atoms with van der Waals surface area (Å²) in [4.78, 5) is 23.8. The summed E-state index contributed by atoms with van der Waals surface area (Å²) in [7, 11) is 3.29. The molecule has 0 aromatic carbocycles. The Bertz CT molecular complexity index is 262. The van der Waals surface area contributed by atoms with E-state index < -0.39 is 4.83 Å². The van der Waals surface area contributed by atoms with Gasteiger partial charge in [0.25, 0.3) is 0 Å². The van der Waals surface area contributed by atoms with Gasteiger partial charge in [-0.1, -0.05) is 35.0 Å². The second-order valence-corrected chi connectivity index (χ2v) is 4.75. The number of halogens is 1. The minimum atomic E-state index is -0.683. The van der Waals surface area contributed by atoms with Crippen LogP contribution in [0.1, 0.15) is 32.6 Å². The molecule has 0 heterocycles. The number of hydrogen-bond donors (Lipinski definition) is 0. The highest BCUT2D eigenvalue weighted by atomic mass is 79.9. The van der Waals surface area contributed by atoms with Crippen LogP contribution < -0.4 is 0 Å². The van der Waals surface area contributed by atoms with Crippen LogP contribution in [0, 0.1) is 0 Å². The van der Waals surface area contributed by atoms with E-state index in [0.29, 0.717) is 6.42 Å². The Kier molecular flexibility index (Phi) is 8.16. The number of rotatable bonds is 7. The largest absolute Gasteiger partial charge is 0.347 e. The Morgan fingerprint density at radius 3 is 2.44 bits per heavy atom. The summed E-state index contributed by atoms with van der Waals surface area (Å²) in [5.74, 6) is -0.224. The van der Waals surface area contributed by atoms with Gasteiger partial charge in [0.1, 0.15) is 0 Å². The minimum Gasteiger partial charge on any atom is -0.347 e. The zero-order valence-electron chi connectivity index (χ0n) is 10.2. The van der Waals surface area contributed by atoms with Crippen molar-refractivity contribution in [1.82, 2.24) is 4.90 Å². The van der Waals surface area contributed by atoms with Gasteiger partial charge in [-0.3, -0.25) is 9.59 Å². The normalized spacial score (nSPS) is 12.8. The Morgan fingerprint density at radius 1 is 1.31 bits per heavy atom. The summed E-state index contributed by atoms with van der Waals surface area (Å²) in [6.45, 7) is 2.08. The summed E-state index contributed by atoms with van der Waals surface area (Å²) in [6, 6.07) is 0. The van der Waals surface area contributed by atoms with Crippen molar-refractivity contribution < 1.29 is 9.59 Å². The first kappa shape index (κ1) is 15.4. The summed E-state index contributed by atoms with van der Waals surface area (Å²) in [5.41, 5.74) is 0. The molecule has 0 aliphatic rings. The molecule has 1 unspecified atom stereocenters. The number of alkyl halides is 1. The molecule has 0 bridgehead atoms. The van der Waals surface area contributed by atoms with Gasteiger partial charge in [-0.2, -0.15) is 0 Å². The summed E-state index contributed by atoms with van der Waals surface area (Å²) in [6.07, 6.45) is 7.33. The lowest BCUT2D eigenvalue weighted by atomic mass is 10.1. The average Bonchev–Trinajstić information content (AvgIpc) is 2.26. The van der Waals surface area contributed by atoms with E-state index in [1.54, 1.807) is 14.1 Å². The van der Waals surface area contributed by atoms with Crippen molar-refractivity contribution in [3.63, 3.8) is 0 Å². The number of Topliss-reactive ketones (excluding diaryl/α,β-unsaturated/α-hetero) is 1. The number of carbonyl (C=O) groups excluding carboxylic acids is 2. The predicted molar refractivity (Wildman–Crippen MR) is 69.7 cm³/mol. The molecule has 0 aliphatic carbocycles. The Morgan fingerprint density at radius 2 is 1.94 bits per heavy atom. The molecule has 0 saturated heterocycles. The number of allylic oxidation sites excluding steroid dienone is 2. The van der Waals surface area contributed by atoms with Crippen LogP contribution in [0.25, 0.3) is 0 Å². The van der Waals surface area contributed by atoms with Crippen LogP contribution in [0.2, 0.25) is 0 Å². The maximum Gasteiger partial charge on any atom is 0.243 e. The van der Waals surface area contributed by atoms with Crippen LogP contribution in [-0.4, -0.2) is 35.5 Å². The van der Waals surface area contributed by atoms with Crippen LogP contribution >= 0.6 is 15.9 Å². The molecule has 0 saturated carbocycles. The molecule has 16 heavy (non-hydrogen) atoms. The summed E-state index contributed by atoms with van der Waals surface area (Å²) in [5, 5.41) is 0. The second-order valence-electron chi connectivity index (χ2n) is 3.83. The van der Waals surface area contributed by atoms with Gasteiger partial charge >= 0.3 is 0 Å². The highest BCUT2D eigenvalue weighted by Crippen LogP contribution is 2.10. The highest BCUT2D eigenvalue weighted by Gasteiger charge is 2.23. The molecule has 0 fully saturated rings. The van der Waals surface area contributed by atoms with Gasteiger partial charge in [-0.05, 0) is 19.3 Å². The van der Waals surface area contributed by atoms with Gasteiger partial charge in [0.05, 0.1) is 0 Å². The molecule has 0 aromatic rings. The maximum absolute atomic E-state index is 11.6.